The smallest absolute Gasteiger partial charge is 0.255 e. The molecule has 2 rings (SSSR count). The van der Waals surface area contributed by atoms with E-state index in [1.165, 1.54) is 0 Å². The SMILES string of the molecule is CC1CN(C(C(=O)NN)c2ccccc2)CC1N(C)C. The number of nitrogens with one attached hydrogen (secondary N) is 1. The van der Waals surface area contributed by atoms with Crippen LogP contribution in [-0.4, -0.2) is 48.9 Å². The van der Waals surface area contributed by atoms with Crippen LogP contribution in [0.4, 0.5) is 0 Å². The monoisotopic (exact) mass is 276 g/mol. The van der Waals surface area contributed by atoms with Crippen molar-refractivity contribution in [3.8, 4) is 0 Å². The number of amides is 1. The van der Waals surface area contributed by atoms with Gasteiger partial charge in [0.05, 0.1) is 0 Å². The number of benzene rings is 1. The summed E-state index contributed by atoms with van der Waals surface area (Å²) in [5.74, 6) is 5.75. The average Bonchev–Trinajstić information content (AvgIpc) is 2.82. The van der Waals surface area contributed by atoms with E-state index in [2.05, 4.69) is 36.2 Å². The summed E-state index contributed by atoms with van der Waals surface area (Å²) in [7, 11) is 4.18. The molecule has 5 nitrogen and oxygen atoms in total. The van der Waals surface area contributed by atoms with Gasteiger partial charge >= 0.3 is 0 Å². The van der Waals surface area contributed by atoms with Gasteiger partial charge in [0.25, 0.3) is 5.91 Å². The third-order valence-electron chi connectivity index (χ3n) is 4.14. The first kappa shape index (κ1) is 15.0. The molecule has 1 aromatic carbocycles. The van der Waals surface area contributed by atoms with Crippen LogP contribution in [0.2, 0.25) is 0 Å². The van der Waals surface area contributed by atoms with Crippen molar-refractivity contribution in [2.75, 3.05) is 27.2 Å². The highest BCUT2D eigenvalue weighted by Crippen LogP contribution is 2.29. The van der Waals surface area contributed by atoms with Crippen molar-refractivity contribution >= 4 is 5.91 Å². The Bertz CT molecular complexity index is 448. The molecule has 0 saturated carbocycles. The third-order valence-corrected chi connectivity index (χ3v) is 4.14. The van der Waals surface area contributed by atoms with Gasteiger partial charge in [-0.3, -0.25) is 15.1 Å². The van der Waals surface area contributed by atoms with Crippen molar-refractivity contribution in [1.29, 1.82) is 0 Å². The first-order valence-corrected chi connectivity index (χ1v) is 7.00. The number of carbonyl (C=O) groups excluding carboxylic acids is 1. The van der Waals surface area contributed by atoms with Gasteiger partial charge in [-0.1, -0.05) is 37.3 Å². The highest BCUT2D eigenvalue weighted by Gasteiger charge is 2.37. The van der Waals surface area contributed by atoms with Crippen molar-refractivity contribution < 1.29 is 4.79 Å². The van der Waals surface area contributed by atoms with Gasteiger partial charge in [-0.05, 0) is 25.6 Å². The molecule has 1 fully saturated rings. The second kappa shape index (κ2) is 6.35. The number of rotatable bonds is 4. The molecule has 1 aliphatic rings. The van der Waals surface area contributed by atoms with E-state index in [1.54, 1.807) is 0 Å². The van der Waals surface area contributed by atoms with Crippen molar-refractivity contribution in [1.82, 2.24) is 15.2 Å². The summed E-state index contributed by atoms with van der Waals surface area (Å²) in [4.78, 5) is 16.6. The predicted molar refractivity (Wildman–Crippen MR) is 79.7 cm³/mol. The van der Waals surface area contributed by atoms with Crippen LogP contribution < -0.4 is 11.3 Å². The van der Waals surface area contributed by atoms with Gasteiger partial charge in [0.15, 0.2) is 0 Å². The lowest BCUT2D eigenvalue weighted by Gasteiger charge is -2.27. The molecule has 1 amide bonds. The Morgan fingerprint density at radius 2 is 2.00 bits per heavy atom. The van der Waals surface area contributed by atoms with Crippen molar-refractivity contribution in [2.45, 2.75) is 19.0 Å². The number of carbonyl (C=O) groups is 1. The summed E-state index contributed by atoms with van der Waals surface area (Å²) in [6.45, 7) is 4.00. The zero-order chi connectivity index (χ0) is 14.7. The van der Waals surface area contributed by atoms with E-state index in [1.807, 2.05) is 30.3 Å². The largest absolute Gasteiger partial charge is 0.305 e. The van der Waals surface area contributed by atoms with Crippen molar-refractivity contribution in [3.05, 3.63) is 35.9 Å². The molecular weight excluding hydrogens is 252 g/mol. The first-order valence-electron chi connectivity index (χ1n) is 7.00. The molecule has 1 aromatic rings. The molecular formula is C15H24N4O. The second-order valence-electron chi connectivity index (χ2n) is 5.78. The molecule has 1 heterocycles. The van der Waals surface area contributed by atoms with E-state index in [9.17, 15) is 4.79 Å². The Balaban J connectivity index is 2.23. The molecule has 110 valence electrons. The third kappa shape index (κ3) is 3.00. The summed E-state index contributed by atoms with van der Waals surface area (Å²) in [6, 6.07) is 9.97. The average molecular weight is 276 g/mol. The summed E-state index contributed by atoms with van der Waals surface area (Å²) >= 11 is 0. The zero-order valence-corrected chi connectivity index (χ0v) is 12.4. The van der Waals surface area contributed by atoms with Crippen molar-refractivity contribution in [2.24, 2.45) is 11.8 Å². The quantitative estimate of drug-likeness (QED) is 0.480. The molecule has 20 heavy (non-hydrogen) atoms. The van der Waals surface area contributed by atoms with Crippen LogP contribution in [0.25, 0.3) is 0 Å². The van der Waals surface area contributed by atoms with Gasteiger partial charge in [0.2, 0.25) is 0 Å². The van der Waals surface area contributed by atoms with Crippen LogP contribution in [0, 0.1) is 5.92 Å². The normalized spacial score (nSPS) is 24.9. The molecule has 0 bridgehead atoms. The molecule has 3 atom stereocenters. The molecule has 5 heteroatoms. The van der Waals surface area contributed by atoms with Crippen LogP contribution in [0.1, 0.15) is 18.5 Å². The Kier molecular flexibility index (Phi) is 4.75. The van der Waals surface area contributed by atoms with E-state index >= 15 is 0 Å². The van der Waals surface area contributed by atoms with Gasteiger partial charge in [-0.25, -0.2) is 5.84 Å². The van der Waals surface area contributed by atoms with Crippen LogP contribution in [0.15, 0.2) is 30.3 Å². The number of hydrogen-bond acceptors (Lipinski definition) is 4. The maximum atomic E-state index is 12.2. The Morgan fingerprint density at radius 3 is 2.50 bits per heavy atom. The molecule has 3 unspecified atom stereocenters. The fourth-order valence-corrected chi connectivity index (χ4v) is 3.11. The topological polar surface area (TPSA) is 61.6 Å². The summed E-state index contributed by atoms with van der Waals surface area (Å²) in [5.41, 5.74) is 3.29. The Morgan fingerprint density at radius 1 is 1.35 bits per heavy atom. The Labute approximate surface area is 120 Å². The highest BCUT2D eigenvalue weighted by atomic mass is 16.2. The lowest BCUT2D eigenvalue weighted by Crippen LogP contribution is -2.43. The van der Waals surface area contributed by atoms with Gasteiger partial charge in [-0.2, -0.15) is 0 Å². The Hall–Kier alpha value is -1.43. The zero-order valence-electron chi connectivity index (χ0n) is 12.4. The van der Waals surface area contributed by atoms with Gasteiger partial charge in [0.1, 0.15) is 6.04 Å². The van der Waals surface area contributed by atoms with Gasteiger partial charge in [-0.15, -0.1) is 0 Å². The van der Waals surface area contributed by atoms with Crippen LogP contribution >= 0.6 is 0 Å². The first-order chi connectivity index (χ1) is 9.54. The van der Waals surface area contributed by atoms with Crippen LogP contribution in [0.5, 0.6) is 0 Å². The number of nitrogens with zero attached hydrogens (tertiary/aromatic N) is 2. The molecule has 0 aromatic heterocycles. The van der Waals surface area contributed by atoms with E-state index in [0.29, 0.717) is 12.0 Å². The van der Waals surface area contributed by atoms with Crippen LogP contribution in [-0.2, 0) is 4.79 Å². The lowest BCUT2D eigenvalue weighted by atomic mass is 10.0. The number of hydrogen-bond donors (Lipinski definition) is 2. The molecule has 0 aliphatic carbocycles. The maximum absolute atomic E-state index is 12.2. The molecule has 1 saturated heterocycles. The second-order valence-corrected chi connectivity index (χ2v) is 5.78. The summed E-state index contributed by atoms with van der Waals surface area (Å²) in [6.07, 6.45) is 0. The fraction of sp³-hybridized carbons (Fsp3) is 0.533. The van der Waals surface area contributed by atoms with Crippen molar-refractivity contribution in [3.63, 3.8) is 0 Å². The van der Waals surface area contributed by atoms with Crippen LogP contribution in [0.3, 0.4) is 0 Å². The number of likely N-dealkylation sites (N-methyl/N-ethyl adjacent to an activating group) is 1. The van der Waals surface area contributed by atoms with Gasteiger partial charge < -0.3 is 4.90 Å². The minimum absolute atomic E-state index is 0.150. The number of likely N-dealkylation sites (tertiary alicyclic amines) is 1. The minimum atomic E-state index is -0.311. The van der Waals surface area contributed by atoms with E-state index in [4.69, 9.17) is 5.84 Å². The fourth-order valence-electron chi connectivity index (χ4n) is 3.11. The summed E-state index contributed by atoms with van der Waals surface area (Å²) in [5, 5.41) is 0. The molecule has 3 N–H and O–H groups in total. The van der Waals surface area contributed by atoms with E-state index < -0.39 is 0 Å². The lowest BCUT2D eigenvalue weighted by molar-refractivity contribution is -0.126. The van der Waals surface area contributed by atoms with E-state index in [-0.39, 0.29) is 11.9 Å². The maximum Gasteiger partial charge on any atom is 0.255 e. The number of nitrogens with two attached hydrogens (primary N) is 1. The molecule has 0 spiro atoms. The number of hydrazine groups is 1. The highest BCUT2D eigenvalue weighted by molar-refractivity contribution is 5.82. The van der Waals surface area contributed by atoms with Gasteiger partial charge in [0, 0.05) is 19.1 Å². The molecule has 1 aliphatic heterocycles. The predicted octanol–water partition coefficient (Wildman–Crippen LogP) is 0.600. The summed E-state index contributed by atoms with van der Waals surface area (Å²) < 4.78 is 0. The standard InChI is InChI=1S/C15H24N4O/c1-11-9-19(10-13(11)18(2)3)14(15(20)17-16)12-7-5-4-6-8-12/h4-8,11,13-14H,9-10,16H2,1-3H3,(H,17,20). The minimum Gasteiger partial charge on any atom is -0.305 e. The van der Waals surface area contributed by atoms with E-state index in [0.717, 1.165) is 18.7 Å². The molecule has 0 radical (unpaired) electrons.